The maximum Gasteiger partial charge on any atom is 0.00470 e. The summed E-state index contributed by atoms with van der Waals surface area (Å²) in [6.45, 7) is 8.02. The second-order valence-corrected chi connectivity index (χ2v) is 3.55. The van der Waals surface area contributed by atoms with Crippen molar-refractivity contribution >= 4 is 0 Å². The van der Waals surface area contributed by atoms with Gasteiger partial charge in [0, 0.05) is 13.1 Å². The molecule has 1 nitrogen and oxygen atoms in total. The zero-order chi connectivity index (χ0) is 6.97. The van der Waals surface area contributed by atoms with Gasteiger partial charge in [-0.2, -0.15) is 0 Å². The van der Waals surface area contributed by atoms with Gasteiger partial charge in [0.15, 0.2) is 0 Å². The van der Waals surface area contributed by atoms with Gasteiger partial charge in [-0.05, 0) is 31.7 Å². The number of rotatable bonds is 0. The van der Waals surface area contributed by atoms with E-state index >= 15 is 0 Å². The van der Waals surface area contributed by atoms with Crippen LogP contribution in [-0.2, 0) is 0 Å². The van der Waals surface area contributed by atoms with Gasteiger partial charge in [-0.15, -0.1) is 0 Å². The van der Waals surface area contributed by atoms with Crippen molar-refractivity contribution in [2.75, 3.05) is 19.6 Å². The molecule has 2 saturated heterocycles. The molecule has 2 bridgehead atoms. The summed E-state index contributed by atoms with van der Waals surface area (Å²) in [4.78, 5) is 2.57. The van der Waals surface area contributed by atoms with Gasteiger partial charge >= 0.3 is 0 Å². The minimum Gasteiger partial charge on any atom is -0.302 e. The summed E-state index contributed by atoms with van der Waals surface area (Å²) < 4.78 is 0. The van der Waals surface area contributed by atoms with E-state index in [9.17, 15) is 0 Å². The van der Waals surface area contributed by atoms with Crippen LogP contribution in [0.25, 0.3) is 0 Å². The molecular weight excluding hydrogens is 122 g/mol. The number of hydrogen-bond donors (Lipinski definition) is 0. The lowest BCUT2D eigenvalue weighted by Crippen LogP contribution is -2.40. The van der Waals surface area contributed by atoms with Crippen LogP contribution in [0, 0.1) is 5.92 Å². The fourth-order valence-corrected chi connectivity index (χ4v) is 2.10. The van der Waals surface area contributed by atoms with Crippen molar-refractivity contribution in [1.82, 2.24) is 4.90 Å². The largest absolute Gasteiger partial charge is 0.302 e. The van der Waals surface area contributed by atoms with Crippen LogP contribution in [0.3, 0.4) is 0 Å². The molecule has 2 heterocycles. The molecule has 0 N–H and O–H groups in total. The molecule has 56 valence electrons. The highest BCUT2D eigenvalue weighted by atomic mass is 15.1. The molecule has 0 saturated carbocycles. The zero-order valence-corrected chi connectivity index (χ0v) is 6.47. The lowest BCUT2D eigenvalue weighted by molar-refractivity contribution is 0.163. The second-order valence-electron chi connectivity index (χ2n) is 3.55. The van der Waals surface area contributed by atoms with E-state index < -0.39 is 0 Å². The lowest BCUT2D eigenvalue weighted by atomic mass is 9.86. The average molecular weight is 137 g/mol. The Morgan fingerprint density at radius 3 is 3.10 bits per heavy atom. The molecule has 0 spiro atoms. The van der Waals surface area contributed by atoms with Gasteiger partial charge in [-0.25, -0.2) is 0 Å². The van der Waals surface area contributed by atoms with Crippen LogP contribution < -0.4 is 0 Å². The smallest absolute Gasteiger partial charge is 0.00470 e. The van der Waals surface area contributed by atoms with E-state index in [0.717, 1.165) is 5.92 Å². The third-order valence-corrected chi connectivity index (χ3v) is 2.83. The van der Waals surface area contributed by atoms with Gasteiger partial charge in [-0.3, -0.25) is 0 Å². The predicted molar refractivity (Wildman–Crippen MR) is 42.9 cm³/mol. The molecule has 2 aliphatic heterocycles. The Labute approximate surface area is 62.7 Å². The predicted octanol–water partition coefficient (Wildman–Crippen LogP) is 1.66. The normalized spacial score (nSPS) is 39.8. The zero-order valence-electron chi connectivity index (χ0n) is 6.47. The fourth-order valence-electron chi connectivity index (χ4n) is 2.10. The van der Waals surface area contributed by atoms with Gasteiger partial charge in [-0.1, -0.05) is 12.2 Å². The van der Waals surface area contributed by atoms with Crippen LogP contribution in [0.5, 0.6) is 0 Å². The van der Waals surface area contributed by atoms with Crippen LogP contribution in [0.15, 0.2) is 12.2 Å². The first-order valence-corrected chi connectivity index (χ1v) is 4.26. The van der Waals surface area contributed by atoms with E-state index in [1.165, 1.54) is 44.5 Å². The summed E-state index contributed by atoms with van der Waals surface area (Å²) >= 11 is 0. The number of fused-ring (bicyclic) bond motifs is 2. The Balaban J connectivity index is 2.07. The summed E-state index contributed by atoms with van der Waals surface area (Å²) in [6, 6.07) is 0. The van der Waals surface area contributed by atoms with Crippen LogP contribution in [-0.4, -0.2) is 24.5 Å². The SMILES string of the molecule is C=C1CCN2CCCC1C2. The van der Waals surface area contributed by atoms with E-state index in [0.29, 0.717) is 0 Å². The van der Waals surface area contributed by atoms with E-state index in [1.54, 1.807) is 0 Å². The molecule has 2 fully saturated rings. The minimum atomic E-state index is 0.850. The van der Waals surface area contributed by atoms with Crippen molar-refractivity contribution in [2.45, 2.75) is 19.3 Å². The molecule has 2 rings (SSSR count). The van der Waals surface area contributed by atoms with Crippen LogP contribution in [0.2, 0.25) is 0 Å². The van der Waals surface area contributed by atoms with Crippen LogP contribution in [0.1, 0.15) is 19.3 Å². The molecule has 1 heteroatoms. The molecule has 0 amide bonds. The standard InChI is InChI=1S/C9H15N/c1-8-4-6-10-5-2-3-9(8)7-10/h9H,1-7H2. The molecule has 10 heavy (non-hydrogen) atoms. The Hall–Kier alpha value is -0.300. The molecule has 2 atom stereocenters. The highest BCUT2D eigenvalue weighted by Crippen LogP contribution is 2.29. The summed E-state index contributed by atoms with van der Waals surface area (Å²) in [5.74, 6) is 0.850. The second kappa shape index (κ2) is 2.39. The summed E-state index contributed by atoms with van der Waals surface area (Å²) in [6.07, 6.45) is 4.05. The summed E-state index contributed by atoms with van der Waals surface area (Å²) in [5, 5.41) is 0. The maximum absolute atomic E-state index is 4.11. The third-order valence-electron chi connectivity index (χ3n) is 2.83. The van der Waals surface area contributed by atoms with Crippen LogP contribution in [0.4, 0.5) is 0 Å². The van der Waals surface area contributed by atoms with Crippen molar-refractivity contribution in [3.63, 3.8) is 0 Å². The van der Waals surface area contributed by atoms with Crippen molar-refractivity contribution in [3.8, 4) is 0 Å². The fraction of sp³-hybridized carbons (Fsp3) is 0.778. The van der Waals surface area contributed by atoms with Gasteiger partial charge in [0.2, 0.25) is 0 Å². The molecule has 0 aromatic carbocycles. The van der Waals surface area contributed by atoms with E-state index in [1.807, 2.05) is 0 Å². The molecule has 2 aliphatic rings. The van der Waals surface area contributed by atoms with Crippen molar-refractivity contribution in [3.05, 3.63) is 12.2 Å². The Kier molecular flexibility index (Phi) is 1.53. The average Bonchev–Trinajstić information content (AvgIpc) is 1.99. The highest BCUT2D eigenvalue weighted by molar-refractivity contribution is 5.07. The number of nitrogens with zero attached hydrogens (tertiary/aromatic N) is 1. The van der Waals surface area contributed by atoms with Crippen molar-refractivity contribution in [2.24, 2.45) is 5.92 Å². The maximum atomic E-state index is 4.11. The summed E-state index contributed by atoms with van der Waals surface area (Å²) in [7, 11) is 0. The molecule has 2 unspecified atom stereocenters. The molecule has 0 radical (unpaired) electrons. The molecule has 0 aromatic rings. The van der Waals surface area contributed by atoms with Gasteiger partial charge in [0.1, 0.15) is 0 Å². The topological polar surface area (TPSA) is 3.24 Å². The number of hydrogen-bond acceptors (Lipinski definition) is 1. The first-order chi connectivity index (χ1) is 4.86. The van der Waals surface area contributed by atoms with Gasteiger partial charge in [0.05, 0.1) is 0 Å². The lowest BCUT2D eigenvalue weighted by Gasteiger charge is -2.38. The summed E-state index contributed by atoms with van der Waals surface area (Å²) in [5.41, 5.74) is 1.51. The van der Waals surface area contributed by atoms with E-state index in [-0.39, 0.29) is 0 Å². The van der Waals surface area contributed by atoms with E-state index in [4.69, 9.17) is 0 Å². The van der Waals surface area contributed by atoms with E-state index in [2.05, 4.69) is 11.5 Å². The third kappa shape index (κ3) is 0.988. The Morgan fingerprint density at radius 1 is 1.40 bits per heavy atom. The Bertz CT molecular complexity index is 151. The molecule has 0 aromatic heterocycles. The highest BCUT2D eigenvalue weighted by Gasteiger charge is 2.25. The molecular formula is C9H15N. The first kappa shape index (κ1) is 6.41. The monoisotopic (exact) mass is 137 g/mol. The van der Waals surface area contributed by atoms with Crippen molar-refractivity contribution < 1.29 is 0 Å². The van der Waals surface area contributed by atoms with Gasteiger partial charge in [0.25, 0.3) is 0 Å². The quantitative estimate of drug-likeness (QED) is 0.459. The Morgan fingerprint density at radius 2 is 2.30 bits per heavy atom. The minimum absolute atomic E-state index is 0.850. The molecule has 0 aliphatic carbocycles. The van der Waals surface area contributed by atoms with Crippen molar-refractivity contribution in [1.29, 1.82) is 0 Å². The number of piperidine rings is 2. The van der Waals surface area contributed by atoms with Gasteiger partial charge < -0.3 is 4.90 Å². The van der Waals surface area contributed by atoms with Crippen LogP contribution >= 0.6 is 0 Å². The first-order valence-electron chi connectivity index (χ1n) is 4.26.